The molecule has 6 aromatic carbocycles. The Morgan fingerprint density at radius 3 is 2.09 bits per heavy atom. The van der Waals surface area contributed by atoms with Crippen molar-refractivity contribution in [1.82, 2.24) is 0 Å². The van der Waals surface area contributed by atoms with Crippen LogP contribution in [-0.4, -0.2) is 5.71 Å². The van der Waals surface area contributed by atoms with E-state index in [1.165, 1.54) is 88.3 Å². The molecule has 0 bridgehead atoms. The van der Waals surface area contributed by atoms with Gasteiger partial charge >= 0.3 is 0 Å². The predicted octanol–water partition coefficient (Wildman–Crippen LogP) is 11.5. The minimum Gasteiger partial charge on any atom is -0.256 e. The third-order valence-corrected chi connectivity index (χ3v) is 10.5. The molecule has 1 unspecified atom stereocenters. The second-order valence-corrected chi connectivity index (χ2v) is 12.8. The summed E-state index contributed by atoms with van der Waals surface area (Å²) in [5.41, 5.74) is 13.6. The van der Waals surface area contributed by atoms with Gasteiger partial charge in [0.05, 0.1) is 11.6 Å². The molecule has 45 heavy (non-hydrogen) atoms. The first-order valence-electron chi connectivity index (χ1n) is 16.3. The van der Waals surface area contributed by atoms with E-state index in [0.717, 1.165) is 19.3 Å². The summed E-state index contributed by atoms with van der Waals surface area (Å²) in [6, 6.07) is 42.8. The molecule has 10 rings (SSSR count). The molecule has 0 saturated heterocycles. The van der Waals surface area contributed by atoms with Crippen LogP contribution in [0, 0.1) is 0 Å². The fourth-order valence-corrected chi connectivity index (χ4v) is 8.66. The average Bonchev–Trinajstić information content (AvgIpc) is 3.50. The van der Waals surface area contributed by atoms with E-state index < -0.39 is 0 Å². The zero-order valence-corrected chi connectivity index (χ0v) is 25.0. The van der Waals surface area contributed by atoms with Crippen molar-refractivity contribution < 1.29 is 0 Å². The van der Waals surface area contributed by atoms with Crippen molar-refractivity contribution in [3.63, 3.8) is 0 Å². The smallest absolute Gasteiger partial charge is 0.0601 e. The molecule has 0 radical (unpaired) electrons. The van der Waals surface area contributed by atoms with E-state index in [-0.39, 0.29) is 11.8 Å². The predicted molar refractivity (Wildman–Crippen MR) is 190 cm³/mol. The van der Waals surface area contributed by atoms with E-state index in [9.17, 15) is 0 Å². The van der Waals surface area contributed by atoms with E-state index in [2.05, 4.69) is 140 Å². The topological polar surface area (TPSA) is 12.4 Å². The van der Waals surface area contributed by atoms with Gasteiger partial charge in [-0.2, -0.15) is 0 Å². The van der Waals surface area contributed by atoms with E-state index in [0.29, 0.717) is 0 Å². The number of hydrogen-bond acceptors (Lipinski definition) is 1. The lowest BCUT2D eigenvalue weighted by Crippen LogP contribution is -2.23. The number of allylic oxidation sites excluding steroid dienone is 8. The minimum absolute atomic E-state index is 0.259. The number of rotatable bonds is 2. The van der Waals surface area contributed by atoms with Gasteiger partial charge in [-0.1, -0.05) is 140 Å². The van der Waals surface area contributed by atoms with E-state index in [1.807, 2.05) is 0 Å². The summed E-state index contributed by atoms with van der Waals surface area (Å²) >= 11 is 0. The van der Waals surface area contributed by atoms with Gasteiger partial charge in [-0.05, 0) is 90.5 Å². The molecule has 0 saturated carbocycles. The zero-order valence-electron chi connectivity index (χ0n) is 25.0. The average molecular weight is 574 g/mol. The van der Waals surface area contributed by atoms with Crippen molar-refractivity contribution in [2.24, 2.45) is 4.99 Å². The van der Waals surface area contributed by atoms with Crippen molar-refractivity contribution >= 4 is 43.6 Å². The Bertz CT molecular complexity index is 2350. The fourth-order valence-electron chi connectivity index (χ4n) is 8.66. The van der Waals surface area contributed by atoms with Crippen LogP contribution in [-0.2, 0) is 0 Å². The molecular formula is C44H31N. The normalized spacial score (nSPS) is 20.0. The SMILES string of the molecule is C1=CC2=C(CC1)N=C1C3=C(CC(c4c5ccccc5c(-c5cccc6ccccc56)c5ccccc45)C=C3)c3ccccc3[C@H]12. The van der Waals surface area contributed by atoms with E-state index >= 15 is 0 Å². The van der Waals surface area contributed by atoms with Crippen LogP contribution in [0.25, 0.3) is 49.0 Å². The van der Waals surface area contributed by atoms with Crippen LogP contribution in [0.4, 0.5) is 0 Å². The summed E-state index contributed by atoms with van der Waals surface area (Å²) in [6.07, 6.45) is 12.7. The largest absolute Gasteiger partial charge is 0.256 e. The summed E-state index contributed by atoms with van der Waals surface area (Å²) in [5, 5.41) is 7.91. The molecule has 3 aliphatic carbocycles. The first-order chi connectivity index (χ1) is 22.3. The Labute approximate surface area is 263 Å². The quantitative estimate of drug-likeness (QED) is 0.183. The number of aliphatic imine (C=N–C) groups is 1. The van der Waals surface area contributed by atoms with Crippen molar-refractivity contribution in [1.29, 1.82) is 0 Å². The first-order valence-corrected chi connectivity index (χ1v) is 16.3. The van der Waals surface area contributed by atoms with Crippen molar-refractivity contribution in [2.75, 3.05) is 0 Å². The maximum atomic E-state index is 5.32. The van der Waals surface area contributed by atoms with Gasteiger partial charge in [-0.25, -0.2) is 0 Å². The maximum Gasteiger partial charge on any atom is 0.0601 e. The van der Waals surface area contributed by atoms with Crippen LogP contribution in [0.15, 0.2) is 161 Å². The minimum atomic E-state index is 0.259. The summed E-state index contributed by atoms with van der Waals surface area (Å²) in [7, 11) is 0. The Hall–Kier alpha value is -5.27. The molecule has 1 heteroatoms. The molecule has 4 aliphatic rings. The highest BCUT2D eigenvalue weighted by molar-refractivity contribution is 6.21. The molecule has 1 heterocycles. The third kappa shape index (κ3) is 3.58. The van der Waals surface area contributed by atoms with Crippen LogP contribution >= 0.6 is 0 Å². The molecule has 0 spiro atoms. The molecule has 0 fully saturated rings. The summed E-state index contributed by atoms with van der Waals surface area (Å²) in [4.78, 5) is 5.32. The monoisotopic (exact) mass is 573 g/mol. The molecule has 2 atom stereocenters. The van der Waals surface area contributed by atoms with Crippen LogP contribution in [0.1, 0.15) is 47.8 Å². The van der Waals surface area contributed by atoms with Crippen LogP contribution in [0.2, 0.25) is 0 Å². The second-order valence-electron chi connectivity index (χ2n) is 12.8. The third-order valence-electron chi connectivity index (χ3n) is 10.5. The molecule has 0 N–H and O–H groups in total. The van der Waals surface area contributed by atoms with Gasteiger partial charge in [0.25, 0.3) is 0 Å². The van der Waals surface area contributed by atoms with E-state index in [4.69, 9.17) is 4.99 Å². The van der Waals surface area contributed by atoms with Gasteiger partial charge in [-0.3, -0.25) is 4.99 Å². The van der Waals surface area contributed by atoms with Gasteiger partial charge in [0.15, 0.2) is 0 Å². The van der Waals surface area contributed by atoms with Crippen molar-refractivity contribution in [3.05, 3.63) is 173 Å². The molecule has 0 amide bonds. The Balaban J connectivity index is 1.19. The maximum absolute atomic E-state index is 5.32. The molecular weight excluding hydrogens is 542 g/mol. The van der Waals surface area contributed by atoms with Gasteiger partial charge in [0, 0.05) is 17.2 Å². The molecule has 212 valence electrons. The molecule has 6 aromatic rings. The highest BCUT2D eigenvalue weighted by Gasteiger charge is 2.39. The lowest BCUT2D eigenvalue weighted by molar-refractivity contribution is 0.870. The number of fused-ring (bicyclic) bond motifs is 9. The first kappa shape index (κ1) is 25.1. The van der Waals surface area contributed by atoms with Crippen LogP contribution in [0.5, 0.6) is 0 Å². The lowest BCUT2D eigenvalue weighted by atomic mass is 9.69. The van der Waals surface area contributed by atoms with Gasteiger partial charge in [0.2, 0.25) is 0 Å². The Morgan fingerprint density at radius 1 is 0.600 bits per heavy atom. The van der Waals surface area contributed by atoms with Crippen molar-refractivity contribution in [2.45, 2.75) is 31.1 Å². The molecule has 1 nitrogen and oxygen atoms in total. The number of nitrogens with zero attached hydrogens (tertiary/aromatic N) is 1. The molecule has 1 aliphatic heterocycles. The Morgan fingerprint density at radius 2 is 1.27 bits per heavy atom. The standard InChI is InChI=1S/C44H31N/c1-2-14-29-27(12-1)13-11-22-31(29)42-35-19-7-5-17-33(35)41(34-18-6-8-20-36(34)42)28-24-25-37-39(26-28)30-15-3-4-16-32(30)43-38-21-9-10-23-40(38)45-44(37)43/h1-9,11-22,24-25,28,43H,10,23,26H2/t28?,43-/m0/s1. The lowest BCUT2D eigenvalue weighted by Gasteiger charge is -2.33. The van der Waals surface area contributed by atoms with Crippen LogP contribution in [0.3, 0.4) is 0 Å². The summed E-state index contributed by atoms with van der Waals surface area (Å²) in [5.74, 6) is 0.517. The second kappa shape index (κ2) is 9.61. The summed E-state index contributed by atoms with van der Waals surface area (Å²) < 4.78 is 0. The van der Waals surface area contributed by atoms with Gasteiger partial charge in [0.1, 0.15) is 0 Å². The highest BCUT2D eigenvalue weighted by atomic mass is 14.8. The van der Waals surface area contributed by atoms with E-state index in [1.54, 1.807) is 0 Å². The van der Waals surface area contributed by atoms with Crippen molar-refractivity contribution in [3.8, 4) is 11.1 Å². The fraction of sp³-hybridized carbons (Fsp3) is 0.114. The number of benzene rings is 6. The number of hydrogen-bond donors (Lipinski definition) is 0. The highest BCUT2D eigenvalue weighted by Crippen LogP contribution is 2.53. The van der Waals surface area contributed by atoms with Crippen LogP contribution < -0.4 is 0 Å². The summed E-state index contributed by atoms with van der Waals surface area (Å²) in [6.45, 7) is 0. The van der Waals surface area contributed by atoms with Gasteiger partial charge < -0.3 is 0 Å². The van der Waals surface area contributed by atoms with Gasteiger partial charge in [-0.15, -0.1) is 0 Å². The molecule has 0 aromatic heterocycles. The Kier molecular flexibility index (Phi) is 5.36. The zero-order chi connectivity index (χ0) is 29.5.